The van der Waals surface area contributed by atoms with E-state index in [4.69, 9.17) is 10.2 Å². The van der Waals surface area contributed by atoms with E-state index in [0.717, 1.165) is 17.1 Å². The van der Waals surface area contributed by atoms with Crippen LogP contribution in [0.5, 0.6) is 0 Å². The Balaban J connectivity index is 2.08. The zero-order valence-electron chi connectivity index (χ0n) is 11.6. The normalized spacial score (nSPS) is 12.3. The van der Waals surface area contributed by atoms with Gasteiger partial charge in [0, 0.05) is 4.88 Å². The molecule has 0 aliphatic rings. The van der Waals surface area contributed by atoms with Gasteiger partial charge in [-0.1, -0.05) is 19.4 Å². The van der Waals surface area contributed by atoms with Gasteiger partial charge < -0.3 is 15.1 Å². The largest absolute Gasteiger partial charge is 0.467 e. The van der Waals surface area contributed by atoms with E-state index < -0.39 is 6.04 Å². The van der Waals surface area contributed by atoms with Crippen molar-refractivity contribution in [1.29, 1.82) is 0 Å². The molecule has 20 heavy (non-hydrogen) atoms. The third-order valence-corrected chi connectivity index (χ3v) is 3.94. The van der Waals surface area contributed by atoms with Crippen LogP contribution in [0.15, 0.2) is 40.3 Å². The summed E-state index contributed by atoms with van der Waals surface area (Å²) in [4.78, 5) is 15.4. The predicted octanol–water partition coefficient (Wildman–Crippen LogP) is 3.00. The fourth-order valence-electron chi connectivity index (χ4n) is 2.06. The van der Waals surface area contributed by atoms with E-state index in [0.29, 0.717) is 19.5 Å². The molecule has 0 fully saturated rings. The Kier molecular flexibility index (Phi) is 5.38. The maximum absolute atomic E-state index is 12.4. The molecule has 0 bridgehead atoms. The first-order valence-electron chi connectivity index (χ1n) is 6.79. The van der Waals surface area contributed by atoms with Crippen LogP contribution in [-0.4, -0.2) is 16.8 Å². The van der Waals surface area contributed by atoms with Crippen LogP contribution in [0.2, 0.25) is 0 Å². The number of carbonyl (C=O) groups excluding carboxylic acids is 1. The predicted molar refractivity (Wildman–Crippen MR) is 80.2 cm³/mol. The van der Waals surface area contributed by atoms with Crippen LogP contribution in [-0.2, 0) is 17.9 Å². The van der Waals surface area contributed by atoms with Crippen LogP contribution < -0.4 is 5.73 Å². The molecule has 0 saturated carbocycles. The van der Waals surface area contributed by atoms with Gasteiger partial charge in [-0.3, -0.25) is 4.79 Å². The van der Waals surface area contributed by atoms with E-state index in [-0.39, 0.29) is 5.91 Å². The molecule has 2 aromatic rings. The maximum Gasteiger partial charge on any atom is 0.240 e. The highest BCUT2D eigenvalue weighted by Gasteiger charge is 2.21. The number of hydrogen-bond acceptors (Lipinski definition) is 4. The molecule has 1 unspecified atom stereocenters. The Hall–Kier alpha value is -1.59. The van der Waals surface area contributed by atoms with Crippen molar-refractivity contribution in [2.75, 3.05) is 0 Å². The maximum atomic E-state index is 12.4. The van der Waals surface area contributed by atoms with Gasteiger partial charge in [-0.25, -0.2) is 0 Å². The summed E-state index contributed by atoms with van der Waals surface area (Å²) in [6, 6.07) is 7.28. The van der Waals surface area contributed by atoms with Crippen molar-refractivity contribution in [1.82, 2.24) is 4.90 Å². The van der Waals surface area contributed by atoms with E-state index in [2.05, 4.69) is 0 Å². The Bertz CT molecular complexity index is 472. The fourth-order valence-corrected chi connectivity index (χ4v) is 2.78. The fraction of sp³-hybridized carbons (Fsp3) is 0.400. The first-order chi connectivity index (χ1) is 9.70. The quantitative estimate of drug-likeness (QED) is 0.853. The van der Waals surface area contributed by atoms with Crippen molar-refractivity contribution in [2.24, 2.45) is 5.73 Å². The summed E-state index contributed by atoms with van der Waals surface area (Å²) in [5.74, 6) is 0.759. The standard InChI is InChI=1S/C15H20N2O2S/c1-2-5-14(16)15(18)17(10-12-6-3-8-19-12)11-13-7-4-9-20-13/h3-4,6-9,14H,2,5,10-11,16H2,1H3. The molecule has 2 rings (SSSR count). The second-order valence-corrected chi connectivity index (χ2v) is 5.78. The Morgan fingerprint density at radius 2 is 2.25 bits per heavy atom. The van der Waals surface area contributed by atoms with Crippen LogP contribution in [0.4, 0.5) is 0 Å². The summed E-state index contributed by atoms with van der Waals surface area (Å²) < 4.78 is 5.34. The molecule has 4 nitrogen and oxygen atoms in total. The lowest BCUT2D eigenvalue weighted by Crippen LogP contribution is -2.42. The van der Waals surface area contributed by atoms with Crippen LogP contribution in [0.1, 0.15) is 30.4 Å². The molecule has 1 amide bonds. The van der Waals surface area contributed by atoms with Crippen molar-refractivity contribution in [3.8, 4) is 0 Å². The number of thiophene rings is 1. The molecule has 0 radical (unpaired) electrons. The lowest BCUT2D eigenvalue weighted by atomic mass is 10.1. The van der Waals surface area contributed by atoms with Gasteiger partial charge in [-0.15, -0.1) is 11.3 Å². The molecule has 108 valence electrons. The van der Waals surface area contributed by atoms with Crippen molar-refractivity contribution >= 4 is 17.2 Å². The topological polar surface area (TPSA) is 59.5 Å². The zero-order valence-corrected chi connectivity index (χ0v) is 12.4. The molecule has 1 atom stereocenters. The van der Waals surface area contributed by atoms with E-state index >= 15 is 0 Å². The van der Waals surface area contributed by atoms with Crippen LogP contribution in [0, 0.1) is 0 Å². The number of nitrogens with two attached hydrogens (primary N) is 1. The smallest absolute Gasteiger partial charge is 0.240 e. The van der Waals surface area contributed by atoms with Gasteiger partial charge in [0.2, 0.25) is 5.91 Å². The third-order valence-electron chi connectivity index (χ3n) is 3.08. The number of hydrogen-bond donors (Lipinski definition) is 1. The van der Waals surface area contributed by atoms with Gasteiger partial charge in [-0.05, 0) is 30.0 Å². The highest BCUT2D eigenvalue weighted by atomic mass is 32.1. The van der Waals surface area contributed by atoms with Crippen LogP contribution >= 0.6 is 11.3 Å². The molecule has 0 aliphatic carbocycles. The summed E-state index contributed by atoms with van der Waals surface area (Å²) in [6.07, 6.45) is 3.23. The minimum atomic E-state index is -0.435. The first-order valence-corrected chi connectivity index (χ1v) is 7.67. The molecule has 0 aromatic carbocycles. The van der Waals surface area contributed by atoms with Crippen molar-refractivity contribution in [3.05, 3.63) is 46.5 Å². The number of rotatable bonds is 7. The van der Waals surface area contributed by atoms with Gasteiger partial charge >= 0.3 is 0 Å². The average molecular weight is 292 g/mol. The highest BCUT2D eigenvalue weighted by molar-refractivity contribution is 7.09. The molecule has 5 heteroatoms. The summed E-state index contributed by atoms with van der Waals surface area (Å²) in [5.41, 5.74) is 5.97. The number of nitrogens with zero attached hydrogens (tertiary/aromatic N) is 1. The van der Waals surface area contributed by atoms with Gasteiger partial charge in [0.15, 0.2) is 0 Å². The third kappa shape index (κ3) is 3.95. The monoisotopic (exact) mass is 292 g/mol. The Morgan fingerprint density at radius 1 is 1.40 bits per heavy atom. The number of furan rings is 1. The van der Waals surface area contributed by atoms with E-state index in [1.807, 2.05) is 36.6 Å². The zero-order chi connectivity index (χ0) is 14.4. The highest BCUT2D eigenvalue weighted by Crippen LogP contribution is 2.16. The van der Waals surface area contributed by atoms with Crippen molar-refractivity contribution < 1.29 is 9.21 Å². The van der Waals surface area contributed by atoms with Gasteiger partial charge in [0.05, 0.1) is 25.4 Å². The second-order valence-electron chi connectivity index (χ2n) is 4.75. The lowest BCUT2D eigenvalue weighted by molar-refractivity contribution is -0.134. The summed E-state index contributed by atoms with van der Waals surface area (Å²) >= 11 is 1.64. The minimum absolute atomic E-state index is 0.0170. The van der Waals surface area contributed by atoms with Gasteiger partial charge in [-0.2, -0.15) is 0 Å². The van der Waals surface area contributed by atoms with Crippen molar-refractivity contribution in [3.63, 3.8) is 0 Å². The Labute approximate surface area is 123 Å². The second kappa shape index (κ2) is 7.26. The lowest BCUT2D eigenvalue weighted by Gasteiger charge is -2.24. The Morgan fingerprint density at radius 3 is 2.85 bits per heavy atom. The summed E-state index contributed by atoms with van der Waals surface area (Å²) in [5, 5.41) is 2.01. The van der Waals surface area contributed by atoms with Crippen LogP contribution in [0.3, 0.4) is 0 Å². The number of carbonyl (C=O) groups is 1. The van der Waals surface area contributed by atoms with Gasteiger partial charge in [0.25, 0.3) is 0 Å². The number of amides is 1. The summed E-state index contributed by atoms with van der Waals surface area (Å²) in [6.45, 7) is 3.07. The van der Waals surface area contributed by atoms with E-state index in [1.165, 1.54) is 0 Å². The van der Waals surface area contributed by atoms with Gasteiger partial charge in [0.1, 0.15) is 5.76 Å². The average Bonchev–Trinajstić information content (AvgIpc) is 3.10. The van der Waals surface area contributed by atoms with Crippen molar-refractivity contribution in [2.45, 2.75) is 38.9 Å². The molecule has 0 aliphatic heterocycles. The molecular weight excluding hydrogens is 272 g/mol. The molecule has 2 heterocycles. The molecule has 0 saturated heterocycles. The molecule has 2 aromatic heterocycles. The molecule has 2 N–H and O–H groups in total. The first kappa shape index (κ1) is 14.8. The SMILES string of the molecule is CCCC(N)C(=O)N(Cc1ccco1)Cc1cccs1. The molecular formula is C15H20N2O2S. The van der Waals surface area contributed by atoms with Crippen LogP contribution in [0.25, 0.3) is 0 Å². The summed E-state index contributed by atoms with van der Waals surface area (Å²) in [7, 11) is 0. The van der Waals surface area contributed by atoms with E-state index in [1.54, 1.807) is 22.5 Å². The minimum Gasteiger partial charge on any atom is -0.467 e. The molecule has 0 spiro atoms. The van der Waals surface area contributed by atoms with E-state index in [9.17, 15) is 4.79 Å².